The number of carbonyl (C=O) groups excluding carboxylic acids is 2. The fourth-order valence-electron chi connectivity index (χ4n) is 4.35. The minimum Gasteiger partial charge on any atom is -0.457 e. The largest absolute Gasteiger partial charge is 0.457 e. The Bertz CT molecular complexity index is 993. The molecule has 0 aliphatic carbocycles. The number of likely N-dealkylation sites (N-methyl/N-ethyl adjacent to an activating group) is 2. The molecule has 0 saturated heterocycles. The van der Waals surface area contributed by atoms with Crippen molar-refractivity contribution < 1.29 is 91.8 Å². The number of aliphatic hydroxyl groups excluding tert-OH is 6. The summed E-state index contributed by atoms with van der Waals surface area (Å²) in [7, 11) is 11.5. The molecule has 0 radical (unpaired) electrons. The smallest absolute Gasteiger partial charge is 0.330 e. The molecular weight excluding hydrogens is 708 g/mol. The predicted molar refractivity (Wildman–Crippen MR) is 188 cm³/mol. The van der Waals surface area contributed by atoms with Crippen LogP contribution in [0.25, 0.3) is 0 Å². The van der Waals surface area contributed by atoms with Crippen LogP contribution in [0.4, 0.5) is 0 Å². The maximum absolute atomic E-state index is 11.4. The zero-order chi connectivity index (χ0) is 40.5. The molecule has 0 saturated carbocycles. The Hall–Kier alpha value is -2.18. The van der Waals surface area contributed by atoms with Crippen LogP contribution in [0.3, 0.4) is 0 Å². The monoisotopic (exact) mass is 774 g/mol. The van der Waals surface area contributed by atoms with Crippen molar-refractivity contribution in [2.24, 2.45) is 0 Å². The Morgan fingerprint density at radius 2 is 0.736 bits per heavy atom. The van der Waals surface area contributed by atoms with Crippen LogP contribution in [0.15, 0.2) is 25.3 Å². The van der Waals surface area contributed by atoms with E-state index < -0.39 is 74.4 Å². The number of quaternary nitrogens is 2. The molecule has 53 heavy (non-hydrogen) atoms. The Kier molecular flexibility index (Phi) is 27.1. The van der Waals surface area contributed by atoms with Crippen molar-refractivity contribution in [3.63, 3.8) is 0 Å². The van der Waals surface area contributed by atoms with Crippen LogP contribution in [-0.2, 0) is 52.2 Å². The highest BCUT2D eigenvalue weighted by atomic mass is 16.7. The fourth-order valence-corrected chi connectivity index (χ4v) is 4.35. The number of esters is 2. The van der Waals surface area contributed by atoms with Gasteiger partial charge < -0.3 is 82.2 Å². The van der Waals surface area contributed by atoms with Gasteiger partial charge in [-0.15, -0.1) is 0 Å². The van der Waals surface area contributed by atoms with Crippen molar-refractivity contribution >= 4 is 11.9 Å². The molecule has 0 aromatic rings. The van der Waals surface area contributed by atoms with E-state index in [-0.39, 0.29) is 66.1 Å². The molecule has 0 rings (SSSR count). The minimum atomic E-state index is -1.55. The van der Waals surface area contributed by atoms with E-state index in [1.165, 1.54) is 0 Å². The number of nitrogens with zero attached hydrogens (tertiary/aromatic N) is 2. The molecule has 0 spiro atoms. The molecule has 19 heteroatoms. The zero-order valence-corrected chi connectivity index (χ0v) is 32.2. The maximum atomic E-state index is 11.4. The molecule has 312 valence electrons. The normalized spacial score (nSPS) is 16.8. The molecular formula is C34H66N2O17+2. The number of carbonyl (C=O) groups is 2. The second-order valence-electron chi connectivity index (χ2n) is 14.3. The van der Waals surface area contributed by atoms with Gasteiger partial charge in [-0.2, -0.15) is 0 Å². The summed E-state index contributed by atoms with van der Waals surface area (Å²) in [4.78, 5) is 22.7. The first-order valence-electron chi connectivity index (χ1n) is 17.2. The van der Waals surface area contributed by atoms with Gasteiger partial charge in [-0.1, -0.05) is 13.2 Å². The van der Waals surface area contributed by atoms with Gasteiger partial charge in [-0.3, -0.25) is 0 Å². The van der Waals surface area contributed by atoms with Crippen molar-refractivity contribution in [3.05, 3.63) is 25.3 Å². The van der Waals surface area contributed by atoms with E-state index in [1.807, 2.05) is 42.3 Å². The summed E-state index contributed by atoms with van der Waals surface area (Å²) in [5, 5.41) is 61.3. The van der Waals surface area contributed by atoms with Crippen LogP contribution in [0.5, 0.6) is 0 Å². The SMILES string of the molecule is C=CC(=O)OCC(O)OC(COCC(O)COCC(O)C[N+](C)(C)C)COCC(O)COCC(COCC(O)C[N+](C)(C)C)OC(O)COC(=O)C=C. The molecule has 6 N–H and O–H groups in total. The first kappa shape index (κ1) is 50.8. The molecule has 8 atom stereocenters. The minimum absolute atomic E-state index is 0.0141. The third-order valence-corrected chi connectivity index (χ3v) is 6.36. The van der Waals surface area contributed by atoms with Crippen molar-refractivity contribution in [2.45, 2.75) is 49.2 Å². The Balaban J connectivity index is 4.96. The van der Waals surface area contributed by atoms with E-state index in [2.05, 4.69) is 13.2 Å². The van der Waals surface area contributed by atoms with Crippen LogP contribution < -0.4 is 0 Å². The van der Waals surface area contributed by atoms with Gasteiger partial charge in [0.05, 0.1) is 108 Å². The van der Waals surface area contributed by atoms with Gasteiger partial charge in [0.1, 0.15) is 62.9 Å². The summed E-state index contributed by atoms with van der Waals surface area (Å²) in [5.74, 6) is -1.52. The quantitative estimate of drug-likeness (QED) is 0.0163. The van der Waals surface area contributed by atoms with Crippen LogP contribution >= 0.6 is 0 Å². The first-order chi connectivity index (χ1) is 24.7. The lowest BCUT2D eigenvalue weighted by Crippen LogP contribution is -2.43. The van der Waals surface area contributed by atoms with Crippen LogP contribution in [-0.4, -0.2) is 235 Å². The molecule has 0 fully saturated rings. The van der Waals surface area contributed by atoms with Crippen molar-refractivity contribution in [2.75, 3.05) is 135 Å². The number of rotatable bonds is 34. The standard InChI is InChI=1S/C34H66N2O17/c1-9-31(41)50-23-33(43)52-29(19-46-14-26(38)12-36(6,7)8)20-48-17-28(40)18-49-22-30(53-34(44)24-51-32(42)10-2)21-47-16-27(39)15-45-13-25(37)11-35(3,4)5/h9-10,25-30,33-34,37-40,43-44H,1-2,11-24H2,3-8H3/q+2. The lowest BCUT2D eigenvalue weighted by molar-refractivity contribution is -0.873. The lowest BCUT2D eigenvalue weighted by atomic mass is 10.3. The molecule has 19 nitrogen and oxygen atoms in total. The molecule has 0 bridgehead atoms. The van der Waals surface area contributed by atoms with Crippen molar-refractivity contribution in [1.82, 2.24) is 0 Å². The summed E-state index contributed by atoms with van der Waals surface area (Å²) >= 11 is 0. The molecule has 0 amide bonds. The average Bonchev–Trinajstić information content (AvgIpc) is 3.04. The first-order valence-corrected chi connectivity index (χ1v) is 17.2. The van der Waals surface area contributed by atoms with Gasteiger partial charge in [0.25, 0.3) is 0 Å². The van der Waals surface area contributed by atoms with Gasteiger partial charge in [0.15, 0.2) is 12.6 Å². The predicted octanol–water partition coefficient (Wildman–Crippen LogP) is -3.21. The zero-order valence-electron chi connectivity index (χ0n) is 32.2. The van der Waals surface area contributed by atoms with E-state index in [4.69, 9.17) is 42.6 Å². The van der Waals surface area contributed by atoms with Crippen LogP contribution in [0, 0.1) is 0 Å². The highest BCUT2D eigenvalue weighted by Crippen LogP contribution is 2.06. The summed E-state index contributed by atoms with van der Waals surface area (Å²) in [6.45, 7) is 5.11. The van der Waals surface area contributed by atoms with E-state index in [0.29, 0.717) is 22.1 Å². The van der Waals surface area contributed by atoms with Crippen molar-refractivity contribution in [1.29, 1.82) is 0 Å². The number of aliphatic hydroxyl groups is 6. The summed E-state index contributed by atoms with van der Waals surface area (Å²) in [6, 6.07) is 0. The highest BCUT2D eigenvalue weighted by Gasteiger charge is 2.22. The molecule has 0 heterocycles. The van der Waals surface area contributed by atoms with Gasteiger partial charge in [-0.05, 0) is 0 Å². The summed E-state index contributed by atoms with van der Waals surface area (Å²) in [6.07, 6.45) is -6.67. The average molecular weight is 775 g/mol. The van der Waals surface area contributed by atoms with Gasteiger partial charge in [0.2, 0.25) is 0 Å². The molecule has 0 aliphatic rings. The van der Waals surface area contributed by atoms with E-state index >= 15 is 0 Å². The van der Waals surface area contributed by atoms with E-state index in [9.17, 15) is 40.2 Å². The fraction of sp³-hybridized carbons (Fsp3) is 0.824. The van der Waals surface area contributed by atoms with Crippen LogP contribution in [0.1, 0.15) is 0 Å². The number of hydrogen-bond donors (Lipinski definition) is 6. The van der Waals surface area contributed by atoms with Gasteiger partial charge >= 0.3 is 11.9 Å². The lowest BCUT2D eigenvalue weighted by Gasteiger charge is -2.27. The molecule has 0 aromatic carbocycles. The maximum Gasteiger partial charge on any atom is 0.330 e. The Morgan fingerprint density at radius 1 is 0.472 bits per heavy atom. The summed E-state index contributed by atoms with van der Waals surface area (Å²) < 4.78 is 49.1. The molecule has 0 aliphatic heterocycles. The molecule has 0 aromatic heterocycles. The Labute approximate surface area is 312 Å². The third kappa shape index (κ3) is 31.8. The Morgan fingerprint density at radius 3 is 1.00 bits per heavy atom. The van der Waals surface area contributed by atoms with Crippen molar-refractivity contribution in [3.8, 4) is 0 Å². The number of ether oxygens (including phenoxy) is 9. The topological polar surface area (TPSA) is 239 Å². The molecule has 8 unspecified atom stereocenters. The van der Waals surface area contributed by atoms with E-state index in [1.54, 1.807) is 0 Å². The van der Waals surface area contributed by atoms with E-state index in [0.717, 1.165) is 12.2 Å². The third-order valence-electron chi connectivity index (χ3n) is 6.36. The van der Waals surface area contributed by atoms with Gasteiger partial charge in [-0.25, -0.2) is 9.59 Å². The highest BCUT2D eigenvalue weighted by molar-refractivity contribution is 5.81. The number of hydrogen-bond acceptors (Lipinski definition) is 17. The van der Waals surface area contributed by atoms with Crippen LogP contribution in [0.2, 0.25) is 0 Å². The second-order valence-corrected chi connectivity index (χ2v) is 14.3. The van der Waals surface area contributed by atoms with Gasteiger partial charge in [0, 0.05) is 12.2 Å². The second kappa shape index (κ2) is 28.3. The summed E-state index contributed by atoms with van der Waals surface area (Å²) in [5.41, 5.74) is 0.